The molecule has 0 bridgehead atoms. The molecule has 7 nitrogen and oxygen atoms in total. The van der Waals surface area contributed by atoms with E-state index in [0.29, 0.717) is 5.75 Å². The fourth-order valence-corrected chi connectivity index (χ4v) is 6.63. The van der Waals surface area contributed by atoms with Gasteiger partial charge in [0.2, 0.25) is 10.0 Å². The summed E-state index contributed by atoms with van der Waals surface area (Å²) in [6.45, 7) is 2.29. The fraction of sp³-hybridized carbons (Fsp3) is 0.258. The maximum Gasteiger partial charge on any atom is 0.240 e. The lowest BCUT2D eigenvalue weighted by molar-refractivity contribution is -0.268. The standard InChI is InChI=1S/C31H32N2O5S2/c1-22-28(21-39-29-9-5-6-18-32-29)37-31(38-30(22)25-14-12-24(20-34)13-15-25)26-16-10-23(11-17-26)19-33-40(35,36)27-7-3-2-4-8-27/h2-18,22,28,30-31,33-34H,19-21H2,1H3. The predicted molar refractivity (Wildman–Crippen MR) is 155 cm³/mol. The number of rotatable bonds is 10. The van der Waals surface area contributed by atoms with Crippen LogP contribution < -0.4 is 4.72 Å². The van der Waals surface area contributed by atoms with Crippen molar-refractivity contribution in [2.24, 2.45) is 5.92 Å². The van der Waals surface area contributed by atoms with Gasteiger partial charge in [-0.3, -0.25) is 0 Å². The molecule has 4 atom stereocenters. The molecule has 40 heavy (non-hydrogen) atoms. The highest BCUT2D eigenvalue weighted by atomic mass is 32.2. The topological polar surface area (TPSA) is 97.8 Å². The van der Waals surface area contributed by atoms with Crippen molar-refractivity contribution in [3.05, 3.63) is 126 Å². The predicted octanol–water partition coefficient (Wildman–Crippen LogP) is 5.64. The summed E-state index contributed by atoms with van der Waals surface area (Å²) in [5, 5.41) is 10.4. The molecule has 2 N–H and O–H groups in total. The normalized spacial score (nSPS) is 21.2. The van der Waals surface area contributed by atoms with E-state index in [0.717, 1.165) is 27.3 Å². The Kier molecular flexibility index (Phi) is 9.31. The minimum atomic E-state index is -3.60. The Bertz CT molecular complexity index is 1470. The Labute approximate surface area is 239 Å². The molecule has 0 aliphatic carbocycles. The third kappa shape index (κ3) is 6.98. The van der Waals surface area contributed by atoms with E-state index in [1.807, 2.05) is 66.7 Å². The average molecular weight is 577 g/mol. The van der Waals surface area contributed by atoms with E-state index < -0.39 is 16.3 Å². The summed E-state index contributed by atoms with van der Waals surface area (Å²) < 4.78 is 40.8. The first-order valence-electron chi connectivity index (χ1n) is 13.1. The zero-order chi connectivity index (χ0) is 28.0. The number of ether oxygens (including phenoxy) is 2. The molecular weight excluding hydrogens is 544 g/mol. The van der Waals surface area contributed by atoms with Gasteiger partial charge in [-0.15, -0.1) is 11.8 Å². The molecule has 0 saturated carbocycles. The number of aliphatic hydroxyl groups excluding tert-OH is 1. The van der Waals surface area contributed by atoms with Crippen LogP contribution in [0.2, 0.25) is 0 Å². The molecule has 1 aromatic heterocycles. The van der Waals surface area contributed by atoms with E-state index >= 15 is 0 Å². The van der Waals surface area contributed by atoms with Gasteiger partial charge in [-0.05, 0) is 41.0 Å². The third-order valence-electron chi connectivity index (χ3n) is 6.93. The monoisotopic (exact) mass is 576 g/mol. The van der Waals surface area contributed by atoms with Crippen molar-refractivity contribution in [1.29, 1.82) is 0 Å². The smallest absolute Gasteiger partial charge is 0.240 e. The van der Waals surface area contributed by atoms with Crippen molar-refractivity contribution in [1.82, 2.24) is 9.71 Å². The van der Waals surface area contributed by atoms with E-state index in [9.17, 15) is 13.5 Å². The Morgan fingerprint density at radius 3 is 2.20 bits per heavy atom. The van der Waals surface area contributed by atoms with Gasteiger partial charge in [-0.2, -0.15) is 0 Å². The van der Waals surface area contributed by atoms with Gasteiger partial charge in [-0.25, -0.2) is 18.1 Å². The van der Waals surface area contributed by atoms with E-state index in [4.69, 9.17) is 9.47 Å². The minimum absolute atomic E-state index is 0.00963. The van der Waals surface area contributed by atoms with Crippen LogP contribution in [-0.2, 0) is 32.6 Å². The van der Waals surface area contributed by atoms with Crippen LogP contribution in [0.25, 0.3) is 0 Å². The Morgan fingerprint density at radius 2 is 1.52 bits per heavy atom. The lowest BCUT2D eigenvalue weighted by Crippen LogP contribution is -2.38. The second-order valence-corrected chi connectivity index (χ2v) is 12.5. The van der Waals surface area contributed by atoms with Crippen molar-refractivity contribution in [3.8, 4) is 0 Å². The highest BCUT2D eigenvalue weighted by molar-refractivity contribution is 7.99. The largest absolute Gasteiger partial charge is 0.392 e. The fourth-order valence-electron chi connectivity index (χ4n) is 4.56. The molecule has 1 fully saturated rings. The summed E-state index contributed by atoms with van der Waals surface area (Å²) in [5.74, 6) is 0.780. The lowest BCUT2D eigenvalue weighted by atomic mass is 9.91. The van der Waals surface area contributed by atoms with E-state index in [2.05, 4.69) is 16.6 Å². The molecule has 4 aromatic rings. The molecule has 9 heteroatoms. The summed E-state index contributed by atoms with van der Waals surface area (Å²) in [6, 6.07) is 29.6. The lowest BCUT2D eigenvalue weighted by Gasteiger charge is -2.41. The number of nitrogens with one attached hydrogen (secondary N) is 1. The van der Waals surface area contributed by atoms with Crippen LogP contribution in [0.4, 0.5) is 0 Å². The highest BCUT2D eigenvalue weighted by Gasteiger charge is 2.38. The van der Waals surface area contributed by atoms with Gasteiger partial charge < -0.3 is 14.6 Å². The van der Waals surface area contributed by atoms with Crippen molar-refractivity contribution in [3.63, 3.8) is 0 Å². The Morgan fingerprint density at radius 1 is 0.850 bits per heavy atom. The Balaban J connectivity index is 1.32. The SMILES string of the molecule is CC1C(CSc2ccccn2)OC(c2ccc(CNS(=O)(=O)c3ccccc3)cc2)OC1c1ccc(CO)cc1. The number of sulfonamides is 1. The molecule has 2 heterocycles. The molecule has 3 aromatic carbocycles. The molecule has 4 unspecified atom stereocenters. The third-order valence-corrected chi connectivity index (χ3v) is 9.38. The van der Waals surface area contributed by atoms with Crippen LogP contribution in [-0.4, -0.2) is 30.4 Å². The van der Waals surface area contributed by atoms with Crippen LogP contribution in [0.5, 0.6) is 0 Å². The number of nitrogens with zero attached hydrogens (tertiary/aromatic N) is 1. The van der Waals surface area contributed by atoms with Gasteiger partial charge in [0.05, 0.1) is 28.7 Å². The molecule has 1 saturated heterocycles. The molecule has 208 valence electrons. The van der Waals surface area contributed by atoms with E-state index in [1.54, 1.807) is 48.3 Å². The second kappa shape index (κ2) is 13.1. The summed E-state index contributed by atoms with van der Waals surface area (Å²) in [7, 11) is -3.60. The molecule has 0 spiro atoms. The van der Waals surface area contributed by atoms with Crippen LogP contribution in [0, 0.1) is 5.92 Å². The first-order valence-corrected chi connectivity index (χ1v) is 15.6. The number of benzene rings is 3. The number of thioether (sulfide) groups is 1. The second-order valence-electron chi connectivity index (χ2n) is 9.68. The minimum Gasteiger partial charge on any atom is -0.392 e. The van der Waals surface area contributed by atoms with Crippen LogP contribution >= 0.6 is 11.8 Å². The number of hydrogen-bond acceptors (Lipinski definition) is 7. The molecule has 1 aliphatic heterocycles. The summed E-state index contributed by atoms with van der Waals surface area (Å²) in [5.41, 5.74) is 3.55. The summed E-state index contributed by atoms with van der Waals surface area (Å²) >= 11 is 1.65. The quantitative estimate of drug-likeness (QED) is 0.236. The zero-order valence-electron chi connectivity index (χ0n) is 22.1. The average Bonchev–Trinajstić information content (AvgIpc) is 3.01. The van der Waals surface area contributed by atoms with Crippen molar-refractivity contribution in [2.45, 2.75) is 48.5 Å². The molecular formula is C31H32N2O5S2. The van der Waals surface area contributed by atoms with Gasteiger partial charge in [-0.1, -0.05) is 79.7 Å². The summed E-state index contributed by atoms with van der Waals surface area (Å²) in [6.07, 6.45) is 0.874. The Hall–Kier alpha value is -3.05. The molecule has 1 aliphatic rings. The van der Waals surface area contributed by atoms with Crippen molar-refractivity contribution >= 4 is 21.8 Å². The van der Waals surface area contributed by atoms with Crippen LogP contribution in [0.15, 0.2) is 113 Å². The maximum absolute atomic E-state index is 12.6. The van der Waals surface area contributed by atoms with Gasteiger partial charge in [0, 0.05) is 30.0 Å². The van der Waals surface area contributed by atoms with Gasteiger partial charge in [0.1, 0.15) is 0 Å². The van der Waals surface area contributed by atoms with Crippen LogP contribution in [0.3, 0.4) is 0 Å². The zero-order valence-corrected chi connectivity index (χ0v) is 23.7. The summed E-state index contributed by atoms with van der Waals surface area (Å²) in [4.78, 5) is 4.66. The number of aromatic nitrogens is 1. The van der Waals surface area contributed by atoms with E-state index in [1.165, 1.54) is 0 Å². The number of aliphatic hydroxyl groups is 1. The number of pyridine rings is 1. The van der Waals surface area contributed by atoms with Crippen molar-refractivity contribution < 1.29 is 23.0 Å². The van der Waals surface area contributed by atoms with Gasteiger partial charge >= 0.3 is 0 Å². The van der Waals surface area contributed by atoms with E-state index in [-0.39, 0.29) is 36.2 Å². The highest BCUT2D eigenvalue weighted by Crippen LogP contribution is 2.42. The maximum atomic E-state index is 12.6. The van der Waals surface area contributed by atoms with Crippen molar-refractivity contribution in [2.75, 3.05) is 5.75 Å². The van der Waals surface area contributed by atoms with Gasteiger partial charge in [0.25, 0.3) is 0 Å². The first-order chi connectivity index (χ1) is 19.4. The van der Waals surface area contributed by atoms with Crippen LogP contribution in [0.1, 0.15) is 41.6 Å². The molecule has 0 amide bonds. The first kappa shape index (κ1) is 28.5. The molecule has 0 radical (unpaired) electrons. The molecule has 5 rings (SSSR count). The number of hydrogen-bond donors (Lipinski definition) is 2. The van der Waals surface area contributed by atoms with Gasteiger partial charge in [0.15, 0.2) is 6.29 Å².